The summed E-state index contributed by atoms with van der Waals surface area (Å²) in [5.74, 6) is 6.22. The zero-order valence-electron chi connectivity index (χ0n) is 13.0. The second-order valence-electron chi connectivity index (χ2n) is 8.64. The highest BCUT2D eigenvalue weighted by Crippen LogP contribution is 2.60. The van der Waals surface area contributed by atoms with Crippen LogP contribution in [0.3, 0.4) is 0 Å². The molecule has 0 radical (unpaired) electrons. The molecule has 1 heterocycles. The Morgan fingerprint density at radius 2 is 1.55 bits per heavy atom. The summed E-state index contributed by atoms with van der Waals surface area (Å²) in [5.41, 5.74) is 7.64. The molecule has 0 unspecified atom stereocenters. The van der Waals surface area contributed by atoms with E-state index in [0.717, 1.165) is 29.4 Å². The molecule has 0 spiro atoms. The van der Waals surface area contributed by atoms with Gasteiger partial charge in [-0.2, -0.15) is 0 Å². The Bertz CT molecular complexity index is 494. The first-order chi connectivity index (χ1) is 9.41. The number of nitrogen functional groups attached to an aromatic ring is 1. The third-order valence-electron chi connectivity index (χ3n) is 6.12. The van der Waals surface area contributed by atoms with Gasteiger partial charge in [-0.05, 0) is 67.8 Å². The SMILES string of the molecule is CC(C)(C)c1cc(C2C3CC4CC(C3)CC2C4)c(N)o1. The van der Waals surface area contributed by atoms with Crippen LogP contribution in [0.1, 0.15) is 70.1 Å². The van der Waals surface area contributed by atoms with E-state index < -0.39 is 0 Å². The molecule has 4 bridgehead atoms. The Kier molecular flexibility index (Phi) is 2.59. The standard InChI is InChI=1S/C18H27NO/c1-18(2,3)15-9-14(17(19)20-15)16-12-5-10-4-11(7-12)8-13(16)6-10/h9-13,16H,4-8,19H2,1-3H3. The minimum atomic E-state index is 0.0539. The maximum absolute atomic E-state index is 6.25. The smallest absolute Gasteiger partial charge is 0.194 e. The number of hydrogen-bond donors (Lipinski definition) is 1. The van der Waals surface area contributed by atoms with Crippen molar-refractivity contribution < 1.29 is 4.42 Å². The van der Waals surface area contributed by atoms with Gasteiger partial charge in [-0.3, -0.25) is 0 Å². The van der Waals surface area contributed by atoms with Crippen LogP contribution >= 0.6 is 0 Å². The van der Waals surface area contributed by atoms with Gasteiger partial charge in [0.15, 0.2) is 5.88 Å². The molecule has 1 aromatic heterocycles. The van der Waals surface area contributed by atoms with Gasteiger partial charge in [0.25, 0.3) is 0 Å². The molecule has 20 heavy (non-hydrogen) atoms. The van der Waals surface area contributed by atoms with Crippen LogP contribution in [0, 0.1) is 23.7 Å². The quantitative estimate of drug-likeness (QED) is 0.805. The fourth-order valence-electron chi connectivity index (χ4n) is 5.48. The summed E-state index contributed by atoms with van der Waals surface area (Å²) in [5, 5.41) is 0. The number of hydrogen-bond acceptors (Lipinski definition) is 2. The van der Waals surface area contributed by atoms with E-state index in [1.54, 1.807) is 0 Å². The summed E-state index contributed by atoms with van der Waals surface area (Å²) < 4.78 is 5.91. The van der Waals surface area contributed by atoms with E-state index in [0.29, 0.717) is 11.8 Å². The average molecular weight is 273 g/mol. The van der Waals surface area contributed by atoms with Gasteiger partial charge in [0.1, 0.15) is 5.76 Å². The lowest BCUT2D eigenvalue weighted by molar-refractivity contribution is -0.00266. The van der Waals surface area contributed by atoms with E-state index in [1.807, 2.05) is 0 Å². The Hall–Kier alpha value is -0.920. The number of furan rings is 1. The van der Waals surface area contributed by atoms with Crippen molar-refractivity contribution in [3.63, 3.8) is 0 Å². The highest BCUT2D eigenvalue weighted by molar-refractivity contribution is 5.44. The number of nitrogens with two attached hydrogens (primary N) is 1. The number of rotatable bonds is 1. The highest BCUT2D eigenvalue weighted by Gasteiger charge is 2.49. The molecular weight excluding hydrogens is 246 g/mol. The van der Waals surface area contributed by atoms with Crippen molar-refractivity contribution in [2.45, 2.75) is 64.2 Å². The van der Waals surface area contributed by atoms with Crippen LogP contribution in [0.4, 0.5) is 5.88 Å². The molecule has 0 aromatic carbocycles. The van der Waals surface area contributed by atoms with E-state index >= 15 is 0 Å². The Morgan fingerprint density at radius 3 is 2.00 bits per heavy atom. The van der Waals surface area contributed by atoms with Gasteiger partial charge in [-0.25, -0.2) is 0 Å². The summed E-state index contributed by atoms with van der Waals surface area (Å²) in [7, 11) is 0. The zero-order valence-corrected chi connectivity index (χ0v) is 13.0. The van der Waals surface area contributed by atoms with Crippen molar-refractivity contribution in [2.75, 3.05) is 5.73 Å². The van der Waals surface area contributed by atoms with E-state index in [4.69, 9.17) is 10.2 Å². The summed E-state index contributed by atoms with van der Waals surface area (Å²) in [4.78, 5) is 0. The van der Waals surface area contributed by atoms with Crippen molar-refractivity contribution in [1.29, 1.82) is 0 Å². The molecule has 4 aliphatic rings. The summed E-state index contributed by atoms with van der Waals surface area (Å²) >= 11 is 0. The van der Waals surface area contributed by atoms with Gasteiger partial charge < -0.3 is 10.2 Å². The molecule has 0 atom stereocenters. The first kappa shape index (κ1) is 12.8. The minimum absolute atomic E-state index is 0.0539. The molecule has 0 aliphatic heterocycles. The summed E-state index contributed by atoms with van der Waals surface area (Å²) in [6.45, 7) is 6.60. The van der Waals surface area contributed by atoms with Gasteiger partial charge in [-0.1, -0.05) is 20.8 Å². The van der Waals surface area contributed by atoms with Crippen LogP contribution in [0.25, 0.3) is 0 Å². The molecule has 2 N–H and O–H groups in total. The Morgan fingerprint density at radius 1 is 1.00 bits per heavy atom. The molecule has 1 aromatic rings. The van der Waals surface area contributed by atoms with Crippen LogP contribution in [-0.4, -0.2) is 0 Å². The second-order valence-corrected chi connectivity index (χ2v) is 8.64. The molecule has 110 valence electrons. The van der Waals surface area contributed by atoms with E-state index in [-0.39, 0.29) is 5.41 Å². The minimum Gasteiger partial charge on any atom is -0.445 e. The van der Waals surface area contributed by atoms with Crippen LogP contribution in [0.2, 0.25) is 0 Å². The summed E-state index contributed by atoms with van der Waals surface area (Å²) in [6.07, 6.45) is 7.26. The van der Waals surface area contributed by atoms with Gasteiger partial charge in [0, 0.05) is 11.0 Å². The first-order valence-electron chi connectivity index (χ1n) is 8.31. The molecule has 0 amide bonds. The fraction of sp³-hybridized carbons (Fsp3) is 0.778. The molecule has 2 heteroatoms. The molecule has 0 saturated heterocycles. The predicted molar refractivity (Wildman–Crippen MR) is 81.6 cm³/mol. The third kappa shape index (κ3) is 1.83. The van der Waals surface area contributed by atoms with E-state index in [9.17, 15) is 0 Å². The van der Waals surface area contributed by atoms with Crippen molar-refractivity contribution in [3.05, 3.63) is 17.4 Å². The van der Waals surface area contributed by atoms with Crippen molar-refractivity contribution in [1.82, 2.24) is 0 Å². The molecule has 2 nitrogen and oxygen atoms in total. The molecule has 4 saturated carbocycles. The maximum atomic E-state index is 6.25. The molecular formula is C18H27NO. The highest BCUT2D eigenvalue weighted by atomic mass is 16.4. The second kappa shape index (κ2) is 4.05. The maximum Gasteiger partial charge on any atom is 0.194 e. The lowest BCUT2D eigenvalue weighted by Gasteiger charge is -2.54. The molecule has 4 fully saturated rings. The third-order valence-corrected chi connectivity index (χ3v) is 6.12. The van der Waals surface area contributed by atoms with Crippen LogP contribution in [-0.2, 0) is 5.41 Å². The lowest BCUT2D eigenvalue weighted by atomic mass is 9.51. The Balaban J connectivity index is 1.69. The monoisotopic (exact) mass is 273 g/mol. The number of anilines is 1. The zero-order chi connectivity index (χ0) is 14.1. The van der Waals surface area contributed by atoms with Gasteiger partial charge in [0.2, 0.25) is 0 Å². The van der Waals surface area contributed by atoms with Crippen LogP contribution in [0.5, 0.6) is 0 Å². The Labute approximate surface area is 122 Å². The first-order valence-corrected chi connectivity index (χ1v) is 8.31. The predicted octanol–water partition coefficient (Wildman–Crippen LogP) is 4.70. The van der Waals surface area contributed by atoms with E-state index in [2.05, 4.69) is 26.8 Å². The summed E-state index contributed by atoms with van der Waals surface area (Å²) in [6, 6.07) is 2.28. The lowest BCUT2D eigenvalue weighted by Crippen LogP contribution is -2.43. The normalized spacial score (nSPS) is 39.5. The van der Waals surface area contributed by atoms with Crippen LogP contribution in [0.15, 0.2) is 10.5 Å². The van der Waals surface area contributed by atoms with Gasteiger partial charge >= 0.3 is 0 Å². The van der Waals surface area contributed by atoms with E-state index in [1.165, 1.54) is 37.7 Å². The molecule has 5 rings (SSSR count). The molecule has 4 aliphatic carbocycles. The van der Waals surface area contributed by atoms with Crippen molar-refractivity contribution >= 4 is 5.88 Å². The van der Waals surface area contributed by atoms with Crippen LogP contribution < -0.4 is 5.73 Å². The largest absolute Gasteiger partial charge is 0.445 e. The van der Waals surface area contributed by atoms with Crippen molar-refractivity contribution in [2.24, 2.45) is 23.7 Å². The average Bonchev–Trinajstić information content (AvgIpc) is 2.70. The topological polar surface area (TPSA) is 39.2 Å². The fourth-order valence-corrected chi connectivity index (χ4v) is 5.48. The van der Waals surface area contributed by atoms with Gasteiger partial charge in [-0.15, -0.1) is 0 Å². The van der Waals surface area contributed by atoms with Crippen molar-refractivity contribution in [3.8, 4) is 0 Å². The van der Waals surface area contributed by atoms with Gasteiger partial charge in [0.05, 0.1) is 0 Å².